The van der Waals surface area contributed by atoms with Crippen molar-refractivity contribution < 1.29 is 4.79 Å². The van der Waals surface area contributed by atoms with E-state index in [-0.39, 0.29) is 12.1 Å². The summed E-state index contributed by atoms with van der Waals surface area (Å²) in [5.41, 5.74) is 0.782. The van der Waals surface area contributed by atoms with E-state index in [9.17, 15) is 4.79 Å². The Morgan fingerprint density at radius 3 is 2.56 bits per heavy atom. The van der Waals surface area contributed by atoms with Gasteiger partial charge in [-0.1, -0.05) is 18.2 Å². The van der Waals surface area contributed by atoms with Crippen LogP contribution in [-0.2, 0) is 0 Å². The van der Waals surface area contributed by atoms with E-state index in [0.29, 0.717) is 13.1 Å². The second kappa shape index (κ2) is 5.92. The van der Waals surface area contributed by atoms with Gasteiger partial charge in [0.15, 0.2) is 6.19 Å². The SMILES string of the molecule is N#CN1CCC(NC(=O)Nc2ccccc2)CC1. The Balaban J connectivity index is 1.77. The van der Waals surface area contributed by atoms with E-state index in [1.807, 2.05) is 30.3 Å². The van der Waals surface area contributed by atoms with Gasteiger partial charge in [0.1, 0.15) is 0 Å². The summed E-state index contributed by atoms with van der Waals surface area (Å²) >= 11 is 0. The van der Waals surface area contributed by atoms with Crippen molar-refractivity contribution in [2.45, 2.75) is 18.9 Å². The summed E-state index contributed by atoms with van der Waals surface area (Å²) in [6.45, 7) is 1.43. The highest BCUT2D eigenvalue weighted by molar-refractivity contribution is 5.89. The van der Waals surface area contributed by atoms with E-state index >= 15 is 0 Å². The molecule has 0 bridgehead atoms. The quantitative estimate of drug-likeness (QED) is 0.779. The highest BCUT2D eigenvalue weighted by Gasteiger charge is 2.19. The first-order valence-corrected chi connectivity index (χ1v) is 6.05. The lowest BCUT2D eigenvalue weighted by Gasteiger charge is -2.28. The number of anilines is 1. The van der Waals surface area contributed by atoms with Crippen molar-refractivity contribution in [3.8, 4) is 6.19 Å². The lowest BCUT2D eigenvalue weighted by Crippen LogP contribution is -2.44. The number of nitrogens with zero attached hydrogens (tertiary/aromatic N) is 2. The maximum absolute atomic E-state index is 11.7. The largest absolute Gasteiger partial charge is 0.335 e. The second-order valence-electron chi connectivity index (χ2n) is 4.33. The first kappa shape index (κ1) is 12.2. The molecule has 2 amide bonds. The fourth-order valence-corrected chi connectivity index (χ4v) is 2.00. The van der Waals surface area contributed by atoms with Gasteiger partial charge in [-0.15, -0.1) is 0 Å². The molecule has 2 N–H and O–H groups in total. The first-order valence-electron chi connectivity index (χ1n) is 6.05. The van der Waals surface area contributed by atoms with Crippen LogP contribution in [0.5, 0.6) is 0 Å². The van der Waals surface area contributed by atoms with Crippen LogP contribution in [0.3, 0.4) is 0 Å². The number of hydrogen-bond donors (Lipinski definition) is 2. The number of nitrogens with one attached hydrogen (secondary N) is 2. The molecule has 1 saturated heterocycles. The van der Waals surface area contributed by atoms with Gasteiger partial charge in [0.2, 0.25) is 0 Å². The van der Waals surface area contributed by atoms with Crippen molar-refractivity contribution in [1.82, 2.24) is 10.2 Å². The molecule has 18 heavy (non-hydrogen) atoms. The van der Waals surface area contributed by atoms with E-state index in [1.54, 1.807) is 4.90 Å². The van der Waals surface area contributed by atoms with Gasteiger partial charge in [-0.25, -0.2) is 4.79 Å². The third kappa shape index (κ3) is 3.39. The van der Waals surface area contributed by atoms with Crippen molar-refractivity contribution in [1.29, 1.82) is 5.26 Å². The van der Waals surface area contributed by atoms with Crippen LogP contribution >= 0.6 is 0 Å². The van der Waals surface area contributed by atoms with Gasteiger partial charge in [-0.3, -0.25) is 0 Å². The summed E-state index contributed by atoms with van der Waals surface area (Å²) in [7, 11) is 0. The second-order valence-corrected chi connectivity index (χ2v) is 4.33. The molecule has 1 heterocycles. The number of rotatable bonds is 2. The van der Waals surface area contributed by atoms with Crippen LogP contribution in [0.25, 0.3) is 0 Å². The molecule has 1 aromatic rings. The summed E-state index contributed by atoms with van der Waals surface area (Å²) in [5.74, 6) is 0. The number of para-hydroxylation sites is 1. The molecule has 2 rings (SSSR count). The monoisotopic (exact) mass is 244 g/mol. The number of nitriles is 1. The average Bonchev–Trinajstić information content (AvgIpc) is 2.40. The Kier molecular flexibility index (Phi) is 4.02. The normalized spacial score (nSPS) is 15.8. The molecule has 0 unspecified atom stereocenters. The molecule has 0 spiro atoms. The lowest BCUT2D eigenvalue weighted by atomic mass is 10.1. The molecule has 0 radical (unpaired) electrons. The molecule has 1 aliphatic heterocycles. The van der Waals surface area contributed by atoms with Crippen molar-refractivity contribution >= 4 is 11.7 Å². The van der Waals surface area contributed by atoms with E-state index in [4.69, 9.17) is 5.26 Å². The highest BCUT2D eigenvalue weighted by Crippen LogP contribution is 2.10. The molecular formula is C13H16N4O. The van der Waals surface area contributed by atoms with Gasteiger partial charge in [0, 0.05) is 24.8 Å². The van der Waals surface area contributed by atoms with Crippen molar-refractivity contribution in [2.75, 3.05) is 18.4 Å². The molecule has 0 atom stereocenters. The van der Waals surface area contributed by atoms with Crippen LogP contribution in [0.4, 0.5) is 10.5 Å². The number of urea groups is 1. The predicted molar refractivity (Wildman–Crippen MR) is 68.8 cm³/mol. The third-order valence-corrected chi connectivity index (χ3v) is 3.00. The minimum Gasteiger partial charge on any atom is -0.335 e. The highest BCUT2D eigenvalue weighted by atomic mass is 16.2. The zero-order valence-corrected chi connectivity index (χ0v) is 10.1. The maximum atomic E-state index is 11.7. The summed E-state index contributed by atoms with van der Waals surface area (Å²) < 4.78 is 0. The van der Waals surface area contributed by atoms with E-state index in [0.717, 1.165) is 18.5 Å². The van der Waals surface area contributed by atoms with Crippen molar-refractivity contribution in [3.63, 3.8) is 0 Å². The summed E-state index contributed by atoms with van der Waals surface area (Å²) in [6, 6.07) is 9.31. The zero-order valence-electron chi connectivity index (χ0n) is 10.1. The standard InChI is InChI=1S/C13H16N4O/c14-10-17-8-6-12(7-9-17)16-13(18)15-11-4-2-1-3-5-11/h1-5,12H,6-9H2,(H2,15,16,18). The smallest absolute Gasteiger partial charge is 0.319 e. The summed E-state index contributed by atoms with van der Waals surface area (Å²) in [4.78, 5) is 13.4. The van der Waals surface area contributed by atoms with Crippen molar-refractivity contribution in [2.24, 2.45) is 0 Å². The molecular weight excluding hydrogens is 228 g/mol. The van der Waals surface area contributed by atoms with Gasteiger partial charge >= 0.3 is 6.03 Å². The molecule has 0 saturated carbocycles. The Labute approximate surface area is 106 Å². The number of carbonyl (C=O) groups excluding carboxylic acids is 1. The maximum Gasteiger partial charge on any atom is 0.319 e. The Bertz CT molecular complexity index is 432. The minimum atomic E-state index is -0.184. The Morgan fingerprint density at radius 2 is 1.94 bits per heavy atom. The summed E-state index contributed by atoms with van der Waals surface area (Å²) in [5, 5.41) is 14.4. The number of likely N-dealkylation sites (tertiary alicyclic amines) is 1. The van der Waals surface area contributed by atoms with Crippen LogP contribution in [0.1, 0.15) is 12.8 Å². The van der Waals surface area contributed by atoms with Crippen LogP contribution in [0.2, 0.25) is 0 Å². The fraction of sp³-hybridized carbons (Fsp3) is 0.385. The molecule has 1 fully saturated rings. The number of benzene rings is 1. The van der Waals surface area contributed by atoms with Gasteiger partial charge < -0.3 is 15.5 Å². The third-order valence-electron chi connectivity index (χ3n) is 3.00. The number of carbonyl (C=O) groups is 1. The van der Waals surface area contributed by atoms with E-state index in [2.05, 4.69) is 16.8 Å². The zero-order chi connectivity index (χ0) is 12.8. The molecule has 1 aromatic carbocycles. The number of piperidine rings is 1. The van der Waals surface area contributed by atoms with Crippen LogP contribution in [0.15, 0.2) is 30.3 Å². The van der Waals surface area contributed by atoms with Crippen LogP contribution in [-0.4, -0.2) is 30.1 Å². The fourth-order valence-electron chi connectivity index (χ4n) is 2.00. The predicted octanol–water partition coefficient (Wildman–Crippen LogP) is 1.75. The van der Waals surface area contributed by atoms with E-state index in [1.165, 1.54) is 0 Å². The lowest BCUT2D eigenvalue weighted by molar-refractivity contribution is 0.234. The van der Waals surface area contributed by atoms with Gasteiger partial charge in [0.25, 0.3) is 0 Å². The summed E-state index contributed by atoms with van der Waals surface area (Å²) in [6.07, 6.45) is 3.75. The topological polar surface area (TPSA) is 68.2 Å². The number of hydrogen-bond acceptors (Lipinski definition) is 3. The molecule has 5 heteroatoms. The molecule has 0 aliphatic carbocycles. The number of amides is 2. The van der Waals surface area contributed by atoms with Gasteiger partial charge in [-0.05, 0) is 25.0 Å². The molecule has 0 aromatic heterocycles. The molecule has 5 nitrogen and oxygen atoms in total. The van der Waals surface area contributed by atoms with Crippen LogP contribution in [0, 0.1) is 11.5 Å². The van der Waals surface area contributed by atoms with E-state index < -0.39 is 0 Å². The Hall–Kier alpha value is -2.22. The minimum absolute atomic E-state index is 0.151. The Morgan fingerprint density at radius 1 is 1.28 bits per heavy atom. The van der Waals surface area contributed by atoms with Crippen LogP contribution < -0.4 is 10.6 Å². The first-order chi connectivity index (χ1) is 8.78. The molecule has 1 aliphatic rings. The average molecular weight is 244 g/mol. The van der Waals surface area contributed by atoms with Gasteiger partial charge in [0.05, 0.1) is 0 Å². The van der Waals surface area contributed by atoms with Gasteiger partial charge in [-0.2, -0.15) is 5.26 Å². The molecule has 94 valence electrons. The van der Waals surface area contributed by atoms with Crippen molar-refractivity contribution in [3.05, 3.63) is 30.3 Å².